The molecule has 0 aliphatic carbocycles. The highest BCUT2D eigenvalue weighted by molar-refractivity contribution is 6.35. The molecule has 2 amide bonds. The zero-order chi connectivity index (χ0) is 11.8. The van der Waals surface area contributed by atoms with Gasteiger partial charge in [-0.15, -0.1) is 6.58 Å². The lowest BCUT2D eigenvalue weighted by atomic mass is 10.2. The van der Waals surface area contributed by atoms with Crippen LogP contribution in [-0.2, 0) is 16.0 Å². The van der Waals surface area contributed by atoms with Crippen molar-refractivity contribution in [2.75, 3.05) is 13.1 Å². The molecule has 0 spiro atoms. The Morgan fingerprint density at radius 2 is 2.12 bits per heavy atom. The second-order valence-electron chi connectivity index (χ2n) is 3.14. The normalized spacial score (nSPS) is 9.50. The smallest absolute Gasteiger partial charge is 0.309 e. The van der Waals surface area contributed by atoms with Crippen molar-refractivity contribution in [3.05, 3.63) is 36.8 Å². The minimum absolute atomic E-state index is 0.286. The molecule has 0 bridgehead atoms. The molecule has 86 valence electrons. The minimum atomic E-state index is -0.646. The summed E-state index contributed by atoms with van der Waals surface area (Å²) in [5, 5.41) is 4.89. The molecule has 0 saturated carbocycles. The van der Waals surface area contributed by atoms with Gasteiger partial charge < -0.3 is 15.1 Å². The molecule has 1 aromatic heterocycles. The molecule has 0 unspecified atom stereocenters. The summed E-state index contributed by atoms with van der Waals surface area (Å²) in [5.41, 5.74) is 0.979. The number of rotatable bonds is 5. The maximum absolute atomic E-state index is 11.2. The molecule has 0 saturated heterocycles. The molecule has 5 nitrogen and oxygen atoms in total. The molecule has 16 heavy (non-hydrogen) atoms. The quantitative estimate of drug-likeness (QED) is 0.553. The van der Waals surface area contributed by atoms with Crippen molar-refractivity contribution >= 4 is 11.8 Å². The van der Waals surface area contributed by atoms with Gasteiger partial charge in [-0.2, -0.15) is 0 Å². The number of hydrogen-bond donors (Lipinski definition) is 2. The fourth-order valence-electron chi connectivity index (χ4n) is 1.08. The molecule has 1 rings (SSSR count). The number of carbonyl (C=O) groups is 2. The Bertz CT molecular complexity index is 357. The first-order valence-electron chi connectivity index (χ1n) is 4.92. The van der Waals surface area contributed by atoms with Gasteiger partial charge >= 0.3 is 11.8 Å². The summed E-state index contributed by atoms with van der Waals surface area (Å²) in [6.07, 6.45) is 5.31. The Hall–Kier alpha value is -2.04. The SMILES string of the molecule is C=CCNC(=O)C(=O)NCCc1ccoc1. The van der Waals surface area contributed by atoms with E-state index in [1.807, 2.05) is 6.07 Å². The molecule has 0 fully saturated rings. The molecule has 0 aromatic carbocycles. The van der Waals surface area contributed by atoms with Gasteiger partial charge in [0.1, 0.15) is 0 Å². The van der Waals surface area contributed by atoms with Crippen molar-refractivity contribution in [1.82, 2.24) is 10.6 Å². The van der Waals surface area contributed by atoms with E-state index >= 15 is 0 Å². The molecule has 0 radical (unpaired) electrons. The van der Waals surface area contributed by atoms with Crippen LogP contribution in [-0.4, -0.2) is 24.9 Å². The summed E-state index contributed by atoms with van der Waals surface area (Å²) >= 11 is 0. The van der Waals surface area contributed by atoms with E-state index < -0.39 is 11.8 Å². The summed E-state index contributed by atoms with van der Waals surface area (Å²) in [6, 6.07) is 1.81. The van der Waals surface area contributed by atoms with Gasteiger partial charge in [0.05, 0.1) is 12.5 Å². The minimum Gasteiger partial charge on any atom is -0.472 e. The predicted molar refractivity (Wildman–Crippen MR) is 58.6 cm³/mol. The first kappa shape index (κ1) is 12.0. The fraction of sp³-hybridized carbons (Fsp3) is 0.273. The lowest BCUT2D eigenvalue weighted by molar-refractivity contribution is -0.139. The van der Waals surface area contributed by atoms with Gasteiger partial charge in [-0.25, -0.2) is 0 Å². The number of amides is 2. The second-order valence-corrected chi connectivity index (χ2v) is 3.14. The van der Waals surface area contributed by atoms with E-state index in [0.29, 0.717) is 13.0 Å². The highest BCUT2D eigenvalue weighted by Gasteiger charge is 2.10. The Morgan fingerprint density at radius 1 is 1.38 bits per heavy atom. The Kier molecular flexibility index (Phi) is 4.85. The van der Waals surface area contributed by atoms with Crippen LogP contribution in [0.5, 0.6) is 0 Å². The van der Waals surface area contributed by atoms with Crippen molar-refractivity contribution in [2.24, 2.45) is 0 Å². The van der Waals surface area contributed by atoms with Crippen LogP contribution in [0.25, 0.3) is 0 Å². The molecule has 5 heteroatoms. The first-order valence-corrected chi connectivity index (χ1v) is 4.92. The van der Waals surface area contributed by atoms with Crippen molar-refractivity contribution in [3.8, 4) is 0 Å². The van der Waals surface area contributed by atoms with Crippen molar-refractivity contribution in [3.63, 3.8) is 0 Å². The van der Waals surface area contributed by atoms with E-state index in [0.717, 1.165) is 5.56 Å². The van der Waals surface area contributed by atoms with Crippen LogP contribution in [0.15, 0.2) is 35.7 Å². The summed E-state index contributed by atoms with van der Waals surface area (Å²) in [4.78, 5) is 22.3. The average molecular weight is 222 g/mol. The topological polar surface area (TPSA) is 71.3 Å². The number of nitrogens with one attached hydrogen (secondary N) is 2. The van der Waals surface area contributed by atoms with Crippen molar-refractivity contribution in [2.45, 2.75) is 6.42 Å². The largest absolute Gasteiger partial charge is 0.472 e. The van der Waals surface area contributed by atoms with Crippen LogP contribution >= 0.6 is 0 Å². The average Bonchev–Trinajstić information content (AvgIpc) is 2.78. The molecule has 0 aliphatic rings. The van der Waals surface area contributed by atoms with Crippen molar-refractivity contribution < 1.29 is 14.0 Å². The van der Waals surface area contributed by atoms with Gasteiger partial charge in [0, 0.05) is 13.1 Å². The highest BCUT2D eigenvalue weighted by atomic mass is 16.3. The molecule has 1 heterocycles. The van der Waals surface area contributed by atoms with E-state index in [4.69, 9.17) is 4.42 Å². The summed E-state index contributed by atoms with van der Waals surface area (Å²) in [6.45, 7) is 4.12. The molecular weight excluding hydrogens is 208 g/mol. The number of hydrogen-bond acceptors (Lipinski definition) is 3. The van der Waals surface area contributed by atoms with Crippen LogP contribution in [0.1, 0.15) is 5.56 Å². The summed E-state index contributed by atoms with van der Waals surface area (Å²) in [7, 11) is 0. The van der Waals surface area contributed by atoms with Gasteiger partial charge in [-0.05, 0) is 18.1 Å². The van der Waals surface area contributed by atoms with Gasteiger partial charge in [0.25, 0.3) is 0 Å². The Labute approximate surface area is 93.5 Å². The zero-order valence-electron chi connectivity index (χ0n) is 8.86. The monoisotopic (exact) mass is 222 g/mol. The van der Waals surface area contributed by atoms with Crippen LogP contribution in [0.3, 0.4) is 0 Å². The van der Waals surface area contributed by atoms with Gasteiger partial charge in [-0.3, -0.25) is 9.59 Å². The molecule has 0 aliphatic heterocycles. The second kappa shape index (κ2) is 6.44. The van der Waals surface area contributed by atoms with Gasteiger partial charge in [-0.1, -0.05) is 6.08 Å². The van der Waals surface area contributed by atoms with E-state index in [2.05, 4.69) is 17.2 Å². The van der Waals surface area contributed by atoms with Crippen molar-refractivity contribution in [1.29, 1.82) is 0 Å². The first-order chi connectivity index (χ1) is 7.74. The molecule has 0 atom stereocenters. The molecule has 2 N–H and O–H groups in total. The zero-order valence-corrected chi connectivity index (χ0v) is 8.86. The maximum Gasteiger partial charge on any atom is 0.309 e. The highest BCUT2D eigenvalue weighted by Crippen LogP contribution is 1.99. The van der Waals surface area contributed by atoms with Gasteiger partial charge in [0.2, 0.25) is 0 Å². The standard InChI is InChI=1S/C11H14N2O3/c1-2-5-12-10(14)11(15)13-6-3-9-4-7-16-8-9/h2,4,7-8H,1,3,5-6H2,(H,12,14)(H,13,15). The lowest BCUT2D eigenvalue weighted by Gasteiger charge is -2.03. The Morgan fingerprint density at radius 3 is 2.75 bits per heavy atom. The molecular formula is C11H14N2O3. The van der Waals surface area contributed by atoms with Crippen LogP contribution < -0.4 is 10.6 Å². The van der Waals surface area contributed by atoms with Crippen LogP contribution in [0.4, 0.5) is 0 Å². The predicted octanol–water partition coefficient (Wildman–Crippen LogP) is 0.240. The number of furan rings is 1. The third-order valence-corrected chi connectivity index (χ3v) is 1.89. The van der Waals surface area contributed by atoms with Crippen LogP contribution in [0.2, 0.25) is 0 Å². The Balaban J connectivity index is 2.19. The van der Waals surface area contributed by atoms with Gasteiger partial charge in [0.15, 0.2) is 0 Å². The summed E-state index contributed by atoms with van der Waals surface area (Å²) in [5.74, 6) is -1.28. The third kappa shape index (κ3) is 4.00. The fourth-order valence-corrected chi connectivity index (χ4v) is 1.08. The summed E-state index contributed by atoms with van der Waals surface area (Å²) < 4.78 is 4.87. The van der Waals surface area contributed by atoms with E-state index in [1.165, 1.54) is 6.08 Å². The van der Waals surface area contributed by atoms with E-state index in [9.17, 15) is 9.59 Å². The van der Waals surface area contributed by atoms with E-state index in [-0.39, 0.29) is 6.54 Å². The lowest BCUT2D eigenvalue weighted by Crippen LogP contribution is -2.40. The van der Waals surface area contributed by atoms with Crippen LogP contribution in [0, 0.1) is 0 Å². The maximum atomic E-state index is 11.2. The van der Waals surface area contributed by atoms with E-state index in [1.54, 1.807) is 12.5 Å². The molecule has 1 aromatic rings. The number of carbonyl (C=O) groups excluding carboxylic acids is 2. The third-order valence-electron chi connectivity index (χ3n) is 1.89.